The highest BCUT2D eigenvalue weighted by atomic mass is 16.5. The van der Waals surface area contributed by atoms with Crippen molar-refractivity contribution in [2.75, 3.05) is 26.7 Å². The van der Waals surface area contributed by atoms with Crippen molar-refractivity contribution in [3.8, 4) is 0 Å². The van der Waals surface area contributed by atoms with Gasteiger partial charge in [-0.3, -0.25) is 0 Å². The van der Waals surface area contributed by atoms with Crippen molar-refractivity contribution >= 4 is 0 Å². The smallest absolute Gasteiger partial charge is 0.0600 e. The van der Waals surface area contributed by atoms with Crippen LogP contribution in [0.1, 0.15) is 34.1 Å². The molecule has 0 rings (SSSR count). The zero-order chi connectivity index (χ0) is 11.2. The second kappa shape index (κ2) is 6.38. The second-order valence-electron chi connectivity index (χ2n) is 5.03. The van der Waals surface area contributed by atoms with Gasteiger partial charge in [0.2, 0.25) is 0 Å². The van der Waals surface area contributed by atoms with Crippen LogP contribution in [0.25, 0.3) is 0 Å². The van der Waals surface area contributed by atoms with Crippen molar-refractivity contribution in [2.45, 2.75) is 45.8 Å². The predicted octanol–water partition coefficient (Wildman–Crippen LogP) is 1.47. The van der Waals surface area contributed by atoms with E-state index in [1.165, 1.54) is 0 Å². The molecule has 0 aliphatic heterocycles. The minimum atomic E-state index is -0.0258. The molecule has 3 nitrogen and oxygen atoms in total. The highest BCUT2D eigenvalue weighted by Crippen LogP contribution is 2.05. The molecule has 0 aromatic carbocycles. The van der Waals surface area contributed by atoms with Gasteiger partial charge < -0.3 is 15.4 Å². The van der Waals surface area contributed by atoms with E-state index in [1.807, 2.05) is 6.92 Å². The molecule has 0 saturated carbocycles. The van der Waals surface area contributed by atoms with Gasteiger partial charge >= 0.3 is 0 Å². The molecule has 0 saturated heterocycles. The number of nitrogens with zero attached hydrogens (tertiary/aromatic N) is 1. The average Bonchev–Trinajstić information content (AvgIpc) is 1.98. The molecule has 14 heavy (non-hydrogen) atoms. The van der Waals surface area contributed by atoms with E-state index >= 15 is 0 Å². The van der Waals surface area contributed by atoms with Gasteiger partial charge in [0.15, 0.2) is 0 Å². The largest absolute Gasteiger partial charge is 0.375 e. The molecule has 0 spiro atoms. The van der Waals surface area contributed by atoms with E-state index in [0.29, 0.717) is 6.04 Å². The lowest BCUT2D eigenvalue weighted by atomic mass is 10.2. The first-order chi connectivity index (χ1) is 6.31. The van der Waals surface area contributed by atoms with Crippen molar-refractivity contribution in [2.24, 2.45) is 5.73 Å². The molecule has 0 aliphatic carbocycles. The normalized spacial score (nSPS) is 14.8. The Bertz CT molecular complexity index is 141. The highest BCUT2D eigenvalue weighted by molar-refractivity contribution is 4.61. The standard InChI is InChI=1S/C11H26N2O/c1-10(12)6-7-13(5)8-9-14-11(2,3)4/h10H,6-9,12H2,1-5H3. The van der Waals surface area contributed by atoms with Crippen molar-refractivity contribution < 1.29 is 4.74 Å². The molecule has 86 valence electrons. The minimum absolute atomic E-state index is 0.0258. The molecule has 0 aromatic heterocycles. The third-order valence-electron chi connectivity index (χ3n) is 1.97. The van der Waals surface area contributed by atoms with Crippen LogP contribution in [0, 0.1) is 0 Å². The zero-order valence-electron chi connectivity index (χ0n) is 10.3. The molecule has 0 fully saturated rings. The summed E-state index contributed by atoms with van der Waals surface area (Å²) in [6.45, 7) is 11.1. The summed E-state index contributed by atoms with van der Waals surface area (Å²) in [7, 11) is 2.11. The molecule has 3 heteroatoms. The van der Waals surface area contributed by atoms with Crippen LogP contribution in [-0.2, 0) is 4.74 Å². The van der Waals surface area contributed by atoms with E-state index in [0.717, 1.165) is 26.1 Å². The number of hydrogen-bond acceptors (Lipinski definition) is 3. The van der Waals surface area contributed by atoms with Gasteiger partial charge in [0.1, 0.15) is 0 Å². The van der Waals surface area contributed by atoms with Crippen molar-refractivity contribution in [3.05, 3.63) is 0 Å². The summed E-state index contributed by atoms with van der Waals surface area (Å²) in [6, 6.07) is 0.293. The van der Waals surface area contributed by atoms with Crippen molar-refractivity contribution in [1.29, 1.82) is 0 Å². The monoisotopic (exact) mass is 202 g/mol. The Morgan fingerprint density at radius 1 is 1.29 bits per heavy atom. The quantitative estimate of drug-likeness (QED) is 0.709. The van der Waals surface area contributed by atoms with Gasteiger partial charge in [-0.25, -0.2) is 0 Å². The fraction of sp³-hybridized carbons (Fsp3) is 1.00. The van der Waals surface area contributed by atoms with Gasteiger partial charge in [-0.05, 0) is 47.7 Å². The predicted molar refractivity (Wildman–Crippen MR) is 61.5 cm³/mol. The maximum atomic E-state index is 5.68. The van der Waals surface area contributed by atoms with Crippen LogP contribution in [0.3, 0.4) is 0 Å². The molecular formula is C11H26N2O. The van der Waals surface area contributed by atoms with Crippen LogP contribution in [0.4, 0.5) is 0 Å². The fourth-order valence-electron chi connectivity index (χ4n) is 1.04. The number of ether oxygens (including phenoxy) is 1. The number of likely N-dealkylation sites (N-methyl/N-ethyl adjacent to an activating group) is 1. The molecule has 1 unspecified atom stereocenters. The summed E-state index contributed by atoms with van der Waals surface area (Å²) in [6.07, 6.45) is 1.05. The second-order valence-corrected chi connectivity index (χ2v) is 5.03. The molecular weight excluding hydrogens is 176 g/mol. The summed E-state index contributed by atoms with van der Waals surface area (Å²) in [5, 5.41) is 0. The SMILES string of the molecule is CC(N)CCN(C)CCOC(C)(C)C. The Hall–Kier alpha value is -0.120. The number of rotatable bonds is 6. The molecule has 0 aliphatic rings. The summed E-state index contributed by atoms with van der Waals surface area (Å²) in [5.74, 6) is 0. The summed E-state index contributed by atoms with van der Waals surface area (Å²) < 4.78 is 5.63. The summed E-state index contributed by atoms with van der Waals surface area (Å²) in [4.78, 5) is 2.26. The first-order valence-electron chi connectivity index (χ1n) is 5.39. The summed E-state index contributed by atoms with van der Waals surface area (Å²) in [5.41, 5.74) is 5.65. The highest BCUT2D eigenvalue weighted by Gasteiger charge is 2.10. The number of nitrogens with two attached hydrogens (primary N) is 1. The first kappa shape index (κ1) is 13.9. The van der Waals surface area contributed by atoms with Crippen LogP contribution < -0.4 is 5.73 Å². The van der Waals surface area contributed by atoms with Crippen LogP contribution in [0.15, 0.2) is 0 Å². The summed E-state index contributed by atoms with van der Waals surface area (Å²) >= 11 is 0. The average molecular weight is 202 g/mol. The Labute approximate surface area is 88.6 Å². The lowest BCUT2D eigenvalue weighted by Gasteiger charge is -2.23. The molecule has 0 radical (unpaired) electrons. The van der Waals surface area contributed by atoms with E-state index in [-0.39, 0.29) is 5.60 Å². The molecule has 0 aromatic rings. The van der Waals surface area contributed by atoms with Gasteiger partial charge in [-0.15, -0.1) is 0 Å². The van der Waals surface area contributed by atoms with Crippen molar-refractivity contribution in [1.82, 2.24) is 4.90 Å². The van der Waals surface area contributed by atoms with E-state index in [1.54, 1.807) is 0 Å². The lowest BCUT2D eigenvalue weighted by molar-refractivity contribution is -0.0108. The maximum absolute atomic E-state index is 5.68. The number of hydrogen-bond donors (Lipinski definition) is 1. The van der Waals surface area contributed by atoms with Gasteiger partial charge in [-0.1, -0.05) is 0 Å². The Balaban J connectivity index is 3.40. The third-order valence-corrected chi connectivity index (χ3v) is 1.97. The van der Waals surface area contributed by atoms with E-state index in [9.17, 15) is 0 Å². The van der Waals surface area contributed by atoms with Gasteiger partial charge in [0.25, 0.3) is 0 Å². The van der Waals surface area contributed by atoms with Gasteiger partial charge in [-0.2, -0.15) is 0 Å². The topological polar surface area (TPSA) is 38.5 Å². The fourth-order valence-corrected chi connectivity index (χ4v) is 1.04. The minimum Gasteiger partial charge on any atom is -0.375 e. The van der Waals surface area contributed by atoms with Gasteiger partial charge in [0.05, 0.1) is 12.2 Å². The van der Waals surface area contributed by atoms with Gasteiger partial charge in [0, 0.05) is 12.6 Å². The Kier molecular flexibility index (Phi) is 6.33. The maximum Gasteiger partial charge on any atom is 0.0600 e. The van der Waals surface area contributed by atoms with Crippen LogP contribution in [0.2, 0.25) is 0 Å². The van der Waals surface area contributed by atoms with E-state index in [2.05, 4.69) is 32.7 Å². The molecule has 0 amide bonds. The zero-order valence-corrected chi connectivity index (χ0v) is 10.3. The first-order valence-corrected chi connectivity index (χ1v) is 5.39. The molecule has 0 bridgehead atoms. The van der Waals surface area contributed by atoms with Crippen LogP contribution in [-0.4, -0.2) is 43.3 Å². The molecule has 1 atom stereocenters. The Morgan fingerprint density at radius 3 is 2.29 bits per heavy atom. The van der Waals surface area contributed by atoms with Crippen LogP contribution in [0.5, 0.6) is 0 Å². The van der Waals surface area contributed by atoms with E-state index in [4.69, 9.17) is 10.5 Å². The molecule has 0 heterocycles. The lowest BCUT2D eigenvalue weighted by Crippen LogP contribution is -2.31. The van der Waals surface area contributed by atoms with Crippen molar-refractivity contribution in [3.63, 3.8) is 0 Å². The Morgan fingerprint density at radius 2 is 1.86 bits per heavy atom. The van der Waals surface area contributed by atoms with E-state index < -0.39 is 0 Å². The molecule has 2 N–H and O–H groups in total. The van der Waals surface area contributed by atoms with Crippen LogP contribution >= 0.6 is 0 Å². The third kappa shape index (κ3) is 9.96.